The van der Waals surface area contributed by atoms with Crippen molar-refractivity contribution in [2.24, 2.45) is 0 Å². The van der Waals surface area contributed by atoms with E-state index in [2.05, 4.69) is 154 Å². The Morgan fingerprint density at radius 3 is 1.21 bits per heavy atom. The Kier molecular flexibility index (Phi) is 59.1. The Morgan fingerprint density at radius 2 is 0.809 bits per heavy atom. The van der Waals surface area contributed by atoms with Gasteiger partial charge in [0, 0.05) is 6.42 Å². The largest absolute Gasteiger partial charge is 0.454 e. The number of ether oxygens (including phenoxy) is 3. The minimum Gasteiger partial charge on any atom is -0.454 e. The molecule has 1 fully saturated rings. The van der Waals surface area contributed by atoms with Crippen molar-refractivity contribution in [3.8, 4) is 0 Å². The van der Waals surface area contributed by atoms with Crippen molar-refractivity contribution in [3.63, 3.8) is 0 Å². The fourth-order valence-electron chi connectivity index (χ4n) is 10.2. The van der Waals surface area contributed by atoms with E-state index in [-0.39, 0.29) is 19.4 Å². The van der Waals surface area contributed by atoms with Gasteiger partial charge in [0.1, 0.15) is 24.4 Å². The third-order valence-corrected chi connectivity index (χ3v) is 15.7. The van der Waals surface area contributed by atoms with E-state index in [1.165, 1.54) is 89.9 Å². The van der Waals surface area contributed by atoms with E-state index in [4.69, 9.17) is 14.2 Å². The smallest absolute Gasteiger partial charge is 0.306 e. The first-order chi connectivity index (χ1) is 43.7. The van der Waals surface area contributed by atoms with Crippen LogP contribution in [0.2, 0.25) is 0 Å². The molecule has 0 aromatic rings. The van der Waals surface area contributed by atoms with Crippen LogP contribution in [0.15, 0.2) is 146 Å². The molecule has 0 aromatic heterocycles. The van der Waals surface area contributed by atoms with Gasteiger partial charge in [-0.15, -0.1) is 0 Å². The number of carbonyl (C=O) groups excluding carboxylic acids is 2. The zero-order valence-electron chi connectivity index (χ0n) is 56.2. The molecular formula is C78H129NO10. The van der Waals surface area contributed by atoms with E-state index < -0.39 is 67.4 Å². The molecule has 1 aliphatic rings. The third kappa shape index (κ3) is 50.8. The van der Waals surface area contributed by atoms with Crippen molar-refractivity contribution in [2.45, 2.75) is 320 Å². The number of rotatable bonds is 59. The maximum absolute atomic E-state index is 13.5. The fraction of sp³-hybridized carbons (Fsp3) is 0.667. The highest BCUT2D eigenvalue weighted by molar-refractivity contribution is 5.80. The van der Waals surface area contributed by atoms with Crippen molar-refractivity contribution in [2.75, 3.05) is 13.2 Å². The summed E-state index contributed by atoms with van der Waals surface area (Å²) in [5.41, 5.74) is 0. The molecule has 1 aliphatic heterocycles. The standard InChI is InChI=1S/C78H129NO10/c1-4-7-10-13-16-19-22-25-27-29-31-33-34-35-36-37-38-39-41-43-45-48-51-54-57-60-63-66-73(83)89-76-75(85)74(84)72(67-80)88-78(76)87-68-69(70(81)64-61-58-55-52-49-46-24-21-18-15-12-9-6-3)79-77(86)71(82)65-62-59-56-53-50-47-44-42-40-32-30-28-26-23-20-17-14-11-8-5-2/h7-8,10-11,16-17,19-20,25-28,31-33,35-36,40,44,47,53,56,61,64,69-72,74-76,78,80-82,84-85H,4-6,9,12-15,18,21-24,29-30,34,37-39,41-43,45-46,48-52,54-55,57-60,62-63,65-68H2,1-3H3,(H,79,86)/b10-7-,11-8-,19-16-,20-17-,27-25-,28-26-,33-31-,36-35-,40-32-,47-44-,56-53-,64-61+. The van der Waals surface area contributed by atoms with Gasteiger partial charge < -0.3 is 45.1 Å². The number of hydrogen-bond acceptors (Lipinski definition) is 10. The van der Waals surface area contributed by atoms with Crippen LogP contribution in [0.3, 0.4) is 0 Å². The summed E-state index contributed by atoms with van der Waals surface area (Å²) in [4.78, 5) is 26.7. The Labute approximate surface area is 543 Å². The topological polar surface area (TPSA) is 175 Å². The van der Waals surface area contributed by atoms with Crippen LogP contribution in [0, 0.1) is 0 Å². The summed E-state index contributed by atoms with van der Waals surface area (Å²) in [7, 11) is 0. The number of unbranched alkanes of at least 4 members (excludes halogenated alkanes) is 23. The zero-order valence-corrected chi connectivity index (χ0v) is 56.2. The number of allylic oxidation sites excluding steroid dienone is 23. The lowest BCUT2D eigenvalue weighted by molar-refractivity contribution is -0.305. The van der Waals surface area contributed by atoms with E-state index in [0.717, 1.165) is 128 Å². The average molecular weight is 1240 g/mol. The molecule has 0 aliphatic carbocycles. The number of hydrogen-bond donors (Lipinski definition) is 6. The van der Waals surface area contributed by atoms with Gasteiger partial charge in [-0.3, -0.25) is 9.59 Å². The second kappa shape index (κ2) is 63.7. The molecule has 0 spiro atoms. The SMILES string of the molecule is CC/C=C\C/C=C\C/C=C\C/C=C\C/C=C\C/C=C\CCCC(O)C(=O)NC(COC1OC(CO)C(O)C(O)C1OC(=O)CCCCCCCCCCCCC/C=C\C/C=C\C/C=C\C/C=C\C/C=C\CC)C(O)/C=C/CCCCCCCCCCCCC. The molecule has 1 amide bonds. The van der Waals surface area contributed by atoms with Gasteiger partial charge in [0.25, 0.3) is 0 Å². The molecule has 1 saturated heterocycles. The maximum Gasteiger partial charge on any atom is 0.306 e. The van der Waals surface area contributed by atoms with E-state index in [1.807, 2.05) is 12.2 Å². The summed E-state index contributed by atoms with van der Waals surface area (Å²) in [5, 5.41) is 57.2. The molecule has 0 saturated carbocycles. The van der Waals surface area contributed by atoms with Crippen LogP contribution >= 0.6 is 0 Å². The van der Waals surface area contributed by atoms with Gasteiger partial charge in [-0.25, -0.2) is 0 Å². The van der Waals surface area contributed by atoms with Crippen LogP contribution in [0.1, 0.15) is 271 Å². The van der Waals surface area contributed by atoms with E-state index >= 15 is 0 Å². The highest BCUT2D eigenvalue weighted by Gasteiger charge is 2.47. The van der Waals surface area contributed by atoms with Crippen LogP contribution in [0.4, 0.5) is 0 Å². The number of nitrogens with one attached hydrogen (secondary N) is 1. The minimum atomic E-state index is -1.63. The van der Waals surface area contributed by atoms with Crippen molar-refractivity contribution in [3.05, 3.63) is 146 Å². The average Bonchev–Trinajstić information content (AvgIpc) is 3.14. The minimum absolute atomic E-state index is 0.106. The number of aliphatic hydroxyl groups is 5. The maximum atomic E-state index is 13.5. The van der Waals surface area contributed by atoms with Gasteiger partial charge in [-0.1, -0.05) is 289 Å². The second-order valence-electron chi connectivity index (χ2n) is 23.9. The summed E-state index contributed by atoms with van der Waals surface area (Å²) in [6.45, 7) is 5.54. The second-order valence-corrected chi connectivity index (χ2v) is 23.9. The Balaban J connectivity index is 2.62. The molecule has 506 valence electrons. The van der Waals surface area contributed by atoms with Crippen molar-refractivity contribution < 1.29 is 49.3 Å². The molecule has 11 nitrogen and oxygen atoms in total. The number of amides is 1. The van der Waals surface area contributed by atoms with Crippen LogP contribution in [-0.4, -0.2) is 99.6 Å². The summed E-state index contributed by atoms with van der Waals surface area (Å²) >= 11 is 0. The molecule has 89 heavy (non-hydrogen) atoms. The molecule has 6 N–H and O–H groups in total. The third-order valence-electron chi connectivity index (χ3n) is 15.7. The lowest BCUT2D eigenvalue weighted by Crippen LogP contribution is -2.61. The Bertz CT molecular complexity index is 2010. The number of carbonyl (C=O) groups is 2. The molecule has 0 radical (unpaired) electrons. The lowest BCUT2D eigenvalue weighted by atomic mass is 9.99. The first kappa shape index (κ1) is 82.6. The molecule has 0 bridgehead atoms. The van der Waals surface area contributed by atoms with Crippen molar-refractivity contribution in [1.29, 1.82) is 0 Å². The van der Waals surface area contributed by atoms with Gasteiger partial charge in [-0.2, -0.15) is 0 Å². The highest BCUT2D eigenvalue weighted by atomic mass is 16.7. The normalized spacial score (nSPS) is 19.0. The van der Waals surface area contributed by atoms with Gasteiger partial charge in [0.05, 0.1) is 25.4 Å². The van der Waals surface area contributed by atoms with E-state index in [9.17, 15) is 35.1 Å². The molecule has 1 rings (SSSR count). The molecule has 8 unspecified atom stereocenters. The Morgan fingerprint density at radius 1 is 0.449 bits per heavy atom. The predicted octanol–water partition coefficient (Wildman–Crippen LogP) is 18.5. The monoisotopic (exact) mass is 1240 g/mol. The van der Waals surface area contributed by atoms with Gasteiger partial charge in [0.15, 0.2) is 12.4 Å². The Hall–Kier alpha value is -4.46. The van der Waals surface area contributed by atoms with Crippen molar-refractivity contribution >= 4 is 11.9 Å². The molecular weight excluding hydrogens is 1110 g/mol. The van der Waals surface area contributed by atoms with Gasteiger partial charge >= 0.3 is 5.97 Å². The fourth-order valence-corrected chi connectivity index (χ4v) is 10.2. The summed E-state index contributed by atoms with van der Waals surface area (Å²) in [5.74, 6) is -1.25. The van der Waals surface area contributed by atoms with E-state index in [1.54, 1.807) is 6.08 Å². The molecule has 1 heterocycles. The van der Waals surface area contributed by atoms with Crippen LogP contribution < -0.4 is 5.32 Å². The van der Waals surface area contributed by atoms with Gasteiger partial charge in [-0.05, 0) is 122 Å². The summed E-state index contributed by atoms with van der Waals surface area (Å²) in [6.07, 6.45) is 81.7. The molecule has 0 aromatic carbocycles. The van der Waals surface area contributed by atoms with E-state index in [0.29, 0.717) is 19.3 Å². The quantitative estimate of drug-likeness (QED) is 0.0195. The van der Waals surface area contributed by atoms with Crippen LogP contribution in [-0.2, 0) is 23.8 Å². The number of aliphatic hydroxyl groups excluding tert-OH is 5. The highest BCUT2D eigenvalue weighted by Crippen LogP contribution is 2.26. The van der Waals surface area contributed by atoms with Crippen LogP contribution in [0.5, 0.6) is 0 Å². The van der Waals surface area contributed by atoms with Gasteiger partial charge in [0.2, 0.25) is 5.91 Å². The summed E-state index contributed by atoms with van der Waals surface area (Å²) < 4.78 is 17.7. The first-order valence-corrected chi connectivity index (χ1v) is 35.6. The molecule has 8 atom stereocenters. The first-order valence-electron chi connectivity index (χ1n) is 35.6. The predicted molar refractivity (Wildman–Crippen MR) is 374 cm³/mol. The lowest BCUT2D eigenvalue weighted by Gasteiger charge is -2.41. The molecule has 11 heteroatoms. The van der Waals surface area contributed by atoms with Crippen LogP contribution in [0.25, 0.3) is 0 Å². The van der Waals surface area contributed by atoms with Crippen molar-refractivity contribution in [1.82, 2.24) is 5.32 Å². The zero-order chi connectivity index (χ0) is 64.6. The number of esters is 1. The summed E-state index contributed by atoms with van der Waals surface area (Å²) in [6, 6.07) is -1.06.